The Balaban J connectivity index is 1.56. The predicted molar refractivity (Wildman–Crippen MR) is 104 cm³/mol. The Kier molecular flexibility index (Phi) is 4.45. The molecule has 3 heterocycles. The molecule has 1 amide bonds. The number of hydrogen-bond acceptors (Lipinski definition) is 4. The van der Waals surface area contributed by atoms with Crippen LogP contribution in [0.15, 0.2) is 42.4 Å². The van der Waals surface area contributed by atoms with Gasteiger partial charge in [-0.1, -0.05) is 19.4 Å². The number of carbonyl (C=O) groups excluding carboxylic acids is 1. The lowest BCUT2D eigenvalue weighted by Gasteiger charge is -2.21. The van der Waals surface area contributed by atoms with Crippen LogP contribution >= 0.6 is 0 Å². The number of pyridine rings is 2. The van der Waals surface area contributed by atoms with Gasteiger partial charge in [-0.2, -0.15) is 0 Å². The zero-order chi connectivity index (χ0) is 18.1. The van der Waals surface area contributed by atoms with E-state index in [9.17, 15) is 4.79 Å². The molecule has 0 radical (unpaired) electrons. The van der Waals surface area contributed by atoms with E-state index in [1.54, 1.807) is 6.20 Å². The molecule has 4 rings (SSSR count). The summed E-state index contributed by atoms with van der Waals surface area (Å²) in [5, 5.41) is 8.34. The molecule has 134 valence electrons. The molecule has 1 saturated carbocycles. The SMILES string of the molecule is CCCC1C=C(C)C(c2cc3cnc(NC(=O)C4CC4)cc3cn2)=CN1. The highest BCUT2D eigenvalue weighted by molar-refractivity contribution is 5.95. The fourth-order valence-corrected chi connectivity index (χ4v) is 3.32. The summed E-state index contributed by atoms with van der Waals surface area (Å²) in [5.74, 6) is 0.841. The topological polar surface area (TPSA) is 66.9 Å². The van der Waals surface area contributed by atoms with Crippen molar-refractivity contribution in [1.29, 1.82) is 0 Å². The van der Waals surface area contributed by atoms with Crippen LogP contribution in [0.4, 0.5) is 5.82 Å². The summed E-state index contributed by atoms with van der Waals surface area (Å²) in [7, 11) is 0. The summed E-state index contributed by atoms with van der Waals surface area (Å²) in [4.78, 5) is 20.9. The fraction of sp³-hybridized carbons (Fsp3) is 0.381. The first-order chi connectivity index (χ1) is 12.6. The van der Waals surface area contributed by atoms with Crippen LogP contribution in [-0.4, -0.2) is 21.9 Å². The molecule has 1 unspecified atom stereocenters. The minimum Gasteiger partial charge on any atom is -0.384 e. The summed E-state index contributed by atoms with van der Waals surface area (Å²) >= 11 is 0. The third kappa shape index (κ3) is 3.47. The predicted octanol–water partition coefficient (Wildman–Crippen LogP) is 4.04. The molecule has 2 aliphatic rings. The lowest BCUT2D eigenvalue weighted by Crippen LogP contribution is -2.25. The maximum absolute atomic E-state index is 11.9. The van der Waals surface area contributed by atoms with E-state index in [4.69, 9.17) is 0 Å². The number of anilines is 1. The van der Waals surface area contributed by atoms with Gasteiger partial charge in [-0.15, -0.1) is 0 Å². The van der Waals surface area contributed by atoms with Crippen LogP contribution in [0.1, 0.15) is 45.2 Å². The molecule has 1 atom stereocenters. The molecular weight excluding hydrogens is 324 g/mol. The van der Waals surface area contributed by atoms with Gasteiger partial charge >= 0.3 is 0 Å². The van der Waals surface area contributed by atoms with Gasteiger partial charge in [-0.05, 0) is 43.9 Å². The van der Waals surface area contributed by atoms with E-state index in [0.717, 1.165) is 47.7 Å². The van der Waals surface area contributed by atoms with Gasteiger partial charge in [-0.3, -0.25) is 9.78 Å². The summed E-state index contributed by atoms with van der Waals surface area (Å²) in [5.41, 5.74) is 3.30. The Morgan fingerprint density at radius 2 is 2.00 bits per heavy atom. The monoisotopic (exact) mass is 348 g/mol. The van der Waals surface area contributed by atoms with Crippen molar-refractivity contribution in [3.8, 4) is 0 Å². The van der Waals surface area contributed by atoms with Crippen LogP contribution in [0.5, 0.6) is 0 Å². The zero-order valence-corrected chi connectivity index (χ0v) is 15.2. The molecule has 0 bridgehead atoms. The normalized spacial score (nSPS) is 19.5. The van der Waals surface area contributed by atoms with Crippen LogP contribution in [0, 0.1) is 5.92 Å². The Hall–Kier alpha value is -2.69. The number of carbonyl (C=O) groups is 1. The van der Waals surface area contributed by atoms with E-state index in [2.05, 4.69) is 52.8 Å². The maximum atomic E-state index is 11.9. The second-order valence-electron chi connectivity index (χ2n) is 7.22. The van der Waals surface area contributed by atoms with Crippen LogP contribution < -0.4 is 10.6 Å². The van der Waals surface area contributed by atoms with Crippen LogP contribution in [0.2, 0.25) is 0 Å². The zero-order valence-electron chi connectivity index (χ0n) is 15.2. The number of aromatic nitrogens is 2. The number of amides is 1. The highest BCUT2D eigenvalue weighted by Crippen LogP contribution is 2.31. The van der Waals surface area contributed by atoms with Gasteiger partial charge in [0, 0.05) is 46.9 Å². The molecule has 2 N–H and O–H groups in total. The largest absolute Gasteiger partial charge is 0.384 e. The first-order valence-electron chi connectivity index (χ1n) is 9.36. The first-order valence-corrected chi connectivity index (χ1v) is 9.36. The summed E-state index contributed by atoms with van der Waals surface area (Å²) in [6, 6.07) is 4.35. The molecular formula is C21H24N4O. The van der Waals surface area contributed by atoms with Crippen molar-refractivity contribution in [3.05, 3.63) is 48.1 Å². The van der Waals surface area contributed by atoms with Gasteiger partial charge in [0.25, 0.3) is 0 Å². The Labute approximate surface area is 153 Å². The molecule has 1 aliphatic heterocycles. The summed E-state index contributed by atoms with van der Waals surface area (Å²) in [6.07, 6.45) is 12.3. The number of fused-ring (bicyclic) bond motifs is 1. The van der Waals surface area contributed by atoms with Crippen LogP contribution in [0.3, 0.4) is 0 Å². The third-order valence-corrected chi connectivity index (χ3v) is 5.00. The lowest BCUT2D eigenvalue weighted by molar-refractivity contribution is -0.117. The molecule has 26 heavy (non-hydrogen) atoms. The molecule has 2 aromatic heterocycles. The van der Waals surface area contributed by atoms with Gasteiger partial charge in [0.05, 0.1) is 5.69 Å². The lowest BCUT2D eigenvalue weighted by atomic mass is 9.97. The molecule has 0 aromatic carbocycles. The van der Waals surface area contributed by atoms with Crippen molar-refractivity contribution < 1.29 is 4.79 Å². The van der Waals surface area contributed by atoms with Gasteiger partial charge < -0.3 is 10.6 Å². The number of dihydropyridines is 1. The minimum absolute atomic E-state index is 0.0715. The van der Waals surface area contributed by atoms with E-state index in [-0.39, 0.29) is 11.8 Å². The fourth-order valence-electron chi connectivity index (χ4n) is 3.32. The van der Waals surface area contributed by atoms with Crippen molar-refractivity contribution in [2.45, 2.75) is 45.6 Å². The standard InChI is InChI=1S/C21H24N4O/c1-3-4-17-7-13(2)18(12-22-17)19-8-15-11-24-20(9-16(15)10-23-19)25-21(26)14-5-6-14/h7-12,14,17,22H,3-6H2,1-2H3,(H,24,25,26). The Morgan fingerprint density at radius 1 is 1.23 bits per heavy atom. The van der Waals surface area contributed by atoms with Gasteiger partial charge in [-0.25, -0.2) is 4.98 Å². The van der Waals surface area contributed by atoms with Crippen molar-refractivity contribution >= 4 is 28.1 Å². The molecule has 5 heteroatoms. The molecule has 0 spiro atoms. The molecule has 1 fully saturated rings. The first kappa shape index (κ1) is 16.8. The quantitative estimate of drug-likeness (QED) is 0.856. The van der Waals surface area contributed by atoms with Crippen molar-refractivity contribution in [2.75, 3.05) is 5.32 Å². The van der Waals surface area contributed by atoms with E-state index in [1.807, 2.05) is 12.3 Å². The van der Waals surface area contributed by atoms with Gasteiger partial charge in [0.15, 0.2) is 0 Å². The Bertz CT molecular complexity index is 911. The number of allylic oxidation sites excluding steroid dienone is 2. The van der Waals surface area contributed by atoms with E-state index in [1.165, 1.54) is 5.57 Å². The second kappa shape index (κ2) is 6.90. The van der Waals surface area contributed by atoms with Crippen molar-refractivity contribution in [1.82, 2.24) is 15.3 Å². The maximum Gasteiger partial charge on any atom is 0.228 e. The third-order valence-electron chi connectivity index (χ3n) is 5.00. The second-order valence-corrected chi connectivity index (χ2v) is 7.22. The van der Waals surface area contributed by atoms with Crippen LogP contribution in [-0.2, 0) is 4.79 Å². The average Bonchev–Trinajstić information content (AvgIpc) is 3.47. The highest BCUT2D eigenvalue weighted by Gasteiger charge is 2.29. The summed E-state index contributed by atoms with van der Waals surface area (Å²) < 4.78 is 0. The molecule has 2 aromatic rings. The molecule has 1 aliphatic carbocycles. The van der Waals surface area contributed by atoms with Gasteiger partial charge in [0.1, 0.15) is 5.82 Å². The Morgan fingerprint density at radius 3 is 2.73 bits per heavy atom. The summed E-state index contributed by atoms with van der Waals surface area (Å²) in [6.45, 7) is 4.33. The number of nitrogens with zero attached hydrogens (tertiary/aromatic N) is 2. The number of hydrogen-bond donors (Lipinski definition) is 2. The van der Waals surface area contributed by atoms with Crippen LogP contribution in [0.25, 0.3) is 16.3 Å². The highest BCUT2D eigenvalue weighted by atomic mass is 16.2. The van der Waals surface area contributed by atoms with Crippen molar-refractivity contribution in [2.24, 2.45) is 5.92 Å². The number of rotatable bonds is 5. The number of nitrogens with one attached hydrogen (secondary N) is 2. The average molecular weight is 348 g/mol. The van der Waals surface area contributed by atoms with E-state index >= 15 is 0 Å². The minimum atomic E-state index is 0.0715. The van der Waals surface area contributed by atoms with Crippen molar-refractivity contribution in [3.63, 3.8) is 0 Å². The van der Waals surface area contributed by atoms with Gasteiger partial charge in [0.2, 0.25) is 5.91 Å². The van der Waals surface area contributed by atoms with E-state index < -0.39 is 0 Å². The van der Waals surface area contributed by atoms with E-state index in [0.29, 0.717) is 11.9 Å². The molecule has 0 saturated heterocycles. The molecule has 5 nitrogen and oxygen atoms in total. The smallest absolute Gasteiger partial charge is 0.228 e.